The fraction of sp³-hybridized carbons (Fsp3) is 0.263. The third kappa shape index (κ3) is 6.19. The number of unbranched alkanes of at least 4 members (excludes halogenated alkanes) is 1. The van der Waals surface area contributed by atoms with Gasteiger partial charge in [0.2, 0.25) is 15.9 Å². The van der Waals surface area contributed by atoms with Crippen LogP contribution in [-0.2, 0) is 14.8 Å². The summed E-state index contributed by atoms with van der Waals surface area (Å²) in [6, 6.07) is 12.5. The Labute approximate surface area is 159 Å². The average molecular weight is 389 g/mol. The summed E-state index contributed by atoms with van der Waals surface area (Å²) in [5.41, 5.74) is 1.26. The number of hydrogen-bond acceptors (Lipinski definition) is 4. The van der Waals surface area contributed by atoms with Crippen LogP contribution in [0.4, 0.5) is 11.4 Å². The molecule has 0 aliphatic heterocycles. The van der Waals surface area contributed by atoms with E-state index in [2.05, 4.69) is 15.4 Å². The Kier molecular flexibility index (Phi) is 7.09. The van der Waals surface area contributed by atoms with Gasteiger partial charge in [0, 0.05) is 30.4 Å². The second-order valence-electron chi connectivity index (χ2n) is 6.00. The zero-order chi connectivity index (χ0) is 19.9. The third-order valence-electron chi connectivity index (χ3n) is 3.67. The van der Waals surface area contributed by atoms with Gasteiger partial charge in [-0.2, -0.15) is 0 Å². The summed E-state index contributed by atoms with van der Waals surface area (Å²) in [6.07, 6.45) is 1.62. The molecule has 0 fully saturated rings. The minimum Gasteiger partial charge on any atom is -0.326 e. The lowest BCUT2D eigenvalue weighted by molar-refractivity contribution is -0.114. The van der Waals surface area contributed by atoms with Crippen molar-refractivity contribution in [2.24, 2.45) is 0 Å². The molecule has 0 aromatic heterocycles. The minimum atomic E-state index is -3.66. The van der Waals surface area contributed by atoms with Crippen LogP contribution in [0.2, 0.25) is 0 Å². The van der Waals surface area contributed by atoms with E-state index in [1.807, 2.05) is 6.92 Å². The first-order valence-corrected chi connectivity index (χ1v) is 10.1. The van der Waals surface area contributed by atoms with Gasteiger partial charge in [-0.25, -0.2) is 13.1 Å². The summed E-state index contributed by atoms with van der Waals surface area (Å²) in [5, 5.41) is 5.33. The molecule has 0 spiro atoms. The van der Waals surface area contributed by atoms with Crippen LogP contribution in [0.15, 0.2) is 53.4 Å². The van der Waals surface area contributed by atoms with Crippen LogP contribution in [0.5, 0.6) is 0 Å². The fourth-order valence-electron chi connectivity index (χ4n) is 2.35. The number of anilines is 2. The lowest BCUT2D eigenvalue weighted by Crippen LogP contribution is -2.25. The fourth-order valence-corrected chi connectivity index (χ4v) is 3.47. The number of amides is 2. The minimum absolute atomic E-state index is 0.0400. The van der Waals surface area contributed by atoms with Crippen LogP contribution in [0.25, 0.3) is 0 Å². The SMILES string of the molecule is CCCCNS(=O)(=O)c1cccc(C(=O)Nc2cccc(NC(C)=O)c2)c1. The summed E-state index contributed by atoms with van der Waals surface area (Å²) in [7, 11) is -3.66. The highest BCUT2D eigenvalue weighted by molar-refractivity contribution is 7.89. The lowest BCUT2D eigenvalue weighted by Gasteiger charge is -2.10. The molecule has 2 rings (SSSR count). The second kappa shape index (κ2) is 9.29. The summed E-state index contributed by atoms with van der Waals surface area (Å²) in [5.74, 6) is -0.660. The normalized spacial score (nSPS) is 11.0. The van der Waals surface area contributed by atoms with E-state index in [0.29, 0.717) is 17.9 Å². The molecular formula is C19H23N3O4S. The Bertz CT molecular complexity index is 926. The van der Waals surface area contributed by atoms with Gasteiger partial charge in [0.25, 0.3) is 5.91 Å². The molecule has 2 amide bonds. The number of benzene rings is 2. The Balaban J connectivity index is 2.14. The van der Waals surface area contributed by atoms with E-state index in [1.54, 1.807) is 24.3 Å². The van der Waals surface area contributed by atoms with E-state index in [0.717, 1.165) is 12.8 Å². The first-order valence-electron chi connectivity index (χ1n) is 8.60. The van der Waals surface area contributed by atoms with Gasteiger partial charge in [0.15, 0.2) is 0 Å². The van der Waals surface area contributed by atoms with Crippen LogP contribution >= 0.6 is 0 Å². The van der Waals surface area contributed by atoms with Gasteiger partial charge >= 0.3 is 0 Å². The molecule has 3 N–H and O–H groups in total. The number of nitrogens with one attached hydrogen (secondary N) is 3. The van der Waals surface area contributed by atoms with Gasteiger partial charge in [-0.1, -0.05) is 25.5 Å². The first-order chi connectivity index (χ1) is 12.8. The maximum absolute atomic E-state index is 12.5. The smallest absolute Gasteiger partial charge is 0.255 e. The molecule has 0 aliphatic rings. The van der Waals surface area contributed by atoms with Gasteiger partial charge < -0.3 is 10.6 Å². The molecule has 0 heterocycles. The number of rotatable bonds is 8. The van der Waals surface area contributed by atoms with Gasteiger partial charge in [-0.15, -0.1) is 0 Å². The van der Waals surface area contributed by atoms with E-state index in [-0.39, 0.29) is 16.4 Å². The third-order valence-corrected chi connectivity index (χ3v) is 5.13. The molecule has 7 nitrogen and oxygen atoms in total. The second-order valence-corrected chi connectivity index (χ2v) is 7.76. The maximum Gasteiger partial charge on any atom is 0.255 e. The van der Waals surface area contributed by atoms with Crippen molar-refractivity contribution in [3.05, 3.63) is 54.1 Å². The van der Waals surface area contributed by atoms with Crippen molar-refractivity contribution in [3.63, 3.8) is 0 Å². The molecule has 0 atom stereocenters. The molecule has 0 aliphatic carbocycles. The Hall–Kier alpha value is -2.71. The van der Waals surface area contributed by atoms with Gasteiger partial charge in [0.05, 0.1) is 4.90 Å². The molecule has 8 heteroatoms. The van der Waals surface area contributed by atoms with Crippen LogP contribution in [-0.4, -0.2) is 26.8 Å². The molecule has 0 unspecified atom stereocenters. The zero-order valence-electron chi connectivity index (χ0n) is 15.3. The lowest BCUT2D eigenvalue weighted by atomic mass is 10.2. The molecule has 0 saturated heterocycles. The topological polar surface area (TPSA) is 104 Å². The zero-order valence-corrected chi connectivity index (χ0v) is 16.1. The van der Waals surface area contributed by atoms with Crippen molar-refractivity contribution in [2.45, 2.75) is 31.6 Å². The van der Waals surface area contributed by atoms with Crippen LogP contribution in [0.1, 0.15) is 37.0 Å². The summed E-state index contributed by atoms with van der Waals surface area (Å²) >= 11 is 0. The van der Waals surface area contributed by atoms with Crippen molar-refractivity contribution in [2.75, 3.05) is 17.2 Å². The molecule has 27 heavy (non-hydrogen) atoms. The van der Waals surface area contributed by atoms with Crippen molar-refractivity contribution in [3.8, 4) is 0 Å². The monoisotopic (exact) mass is 389 g/mol. The van der Waals surface area contributed by atoms with E-state index < -0.39 is 15.9 Å². The van der Waals surface area contributed by atoms with Crippen LogP contribution in [0, 0.1) is 0 Å². The Morgan fingerprint density at radius 2 is 1.63 bits per heavy atom. The average Bonchev–Trinajstić information content (AvgIpc) is 2.61. The Morgan fingerprint density at radius 3 is 2.30 bits per heavy atom. The number of hydrogen-bond donors (Lipinski definition) is 3. The standard InChI is InChI=1S/C19H23N3O4S/c1-3-4-11-20-27(25,26)18-10-5-7-15(12-18)19(24)22-17-9-6-8-16(13-17)21-14(2)23/h5-10,12-13,20H,3-4,11H2,1-2H3,(H,21,23)(H,22,24). The highest BCUT2D eigenvalue weighted by atomic mass is 32.2. The van der Waals surface area contributed by atoms with Gasteiger partial charge in [0.1, 0.15) is 0 Å². The van der Waals surface area contributed by atoms with Crippen molar-refractivity contribution < 1.29 is 18.0 Å². The molecule has 0 bridgehead atoms. The van der Waals surface area contributed by atoms with E-state index in [1.165, 1.54) is 31.2 Å². The van der Waals surface area contributed by atoms with E-state index >= 15 is 0 Å². The van der Waals surface area contributed by atoms with Crippen LogP contribution < -0.4 is 15.4 Å². The highest BCUT2D eigenvalue weighted by Crippen LogP contribution is 2.17. The van der Waals surface area contributed by atoms with Crippen LogP contribution in [0.3, 0.4) is 0 Å². The summed E-state index contributed by atoms with van der Waals surface area (Å²) in [4.78, 5) is 23.6. The molecule has 0 saturated carbocycles. The number of carbonyl (C=O) groups excluding carboxylic acids is 2. The van der Waals surface area contributed by atoms with Gasteiger partial charge in [-0.05, 0) is 42.8 Å². The predicted molar refractivity (Wildman–Crippen MR) is 105 cm³/mol. The first kappa shape index (κ1) is 20.6. The number of sulfonamides is 1. The maximum atomic E-state index is 12.5. The van der Waals surface area contributed by atoms with Crippen molar-refractivity contribution in [1.29, 1.82) is 0 Å². The predicted octanol–water partition coefficient (Wildman–Crippen LogP) is 2.98. The van der Waals surface area contributed by atoms with E-state index in [9.17, 15) is 18.0 Å². The van der Waals surface area contributed by atoms with Crippen molar-refractivity contribution in [1.82, 2.24) is 4.72 Å². The molecule has 0 radical (unpaired) electrons. The van der Waals surface area contributed by atoms with Crippen molar-refractivity contribution >= 4 is 33.2 Å². The molecule has 2 aromatic rings. The summed E-state index contributed by atoms with van der Waals surface area (Å²) < 4.78 is 27.1. The van der Waals surface area contributed by atoms with Gasteiger partial charge in [-0.3, -0.25) is 9.59 Å². The summed E-state index contributed by atoms with van der Waals surface area (Å²) in [6.45, 7) is 3.72. The van der Waals surface area contributed by atoms with E-state index in [4.69, 9.17) is 0 Å². The quantitative estimate of drug-likeness (QED) is 0.604. The molecule has 144 valence electrons. The largest absolute Gasteiger partial charge is 0.326 e. The number of carbonyl (C=O) groups is 2. The molecular weight excluding hydrogens is 366 g/mol. The molecule has 2 aromatic carbocycles. The highest BCUT2D eigenvalue weighted by Gasteiger charge is 2.16. The Morgan fingerprint density at radius 1 is 0.963 bits per heavy atom.